The first-order valence-corrected chi connectivity index (χ1v) is 8.92. The molecule has 0 atom stereocenters. The average molecular weight is 385 g/mol. The number of aromatic hydroxyl groups is 1. The number of carbonyl (C=O) groups excluding carboxylic acids is 1. The molecule has 8 nitrogen and oxygen atoms in total. The van der Waals surface area contributed by atoms with Crippen molar-refractivity contribution in [3.63, 3.8) is 0 Å². The van der Waals surface area contributed by atoms with Gasteiger partial charge in [0.25, 0.3) is 0 Å². The molecular formula is C20H23N3O5. The van der Waals surface area contributed by atoms with E-state index in [4.69, 9.17) is 9.15 Å². The van der Waals surface area contributed by atoms with Crippen LogP contribution in [0.5, 0.6) is 5.75 Å². The topological polar surface area (TPSA) is 95.6 Å². The number of likely N-dealkylation sites (N-methyl/N-ethyl adjacent to an activating group) is 1. The van der Waals surface area contributed by atoms with E-state index in [1.165, 1.54) is 19.4 Å². The van der Waals surface area contributed by atoms with Crippen molar-refractivity contribution < 1.29 is 19.1 Å². The number of hydrogen-bond acceptors (Lipinski definition) is 8. The fourth-order valence-corrected chi connectivity index (χ4v) is 3.06. The summed E-state index contributed by atoms with van der Waals surface area (Å²) in [6.07, 6.45) is 1.23. The van der Waals surface area contributed by atoms with E-state index in [0.717, 1.165) is 31.9 Å². The van der Waals surface area contributed by atoms with Crippen molar-refractivity contribution in [2.75, 3.05) is 45.2 Å². The number of aryl methyl sites for hydroxylation is 1. The van der Waals surface area contributed by atoms with Gasteiger partial charge >= 0.3 is 11.6 Å². The highest BCUT2D eigenvalue weighted by molar-refractivity contribution is 5.97. The fraction of sp³-hybridized carbons (Fsp3) is 0.350. The Morgan fingerprint density at radius 2 is 1.96 bits per heavy atom. The smallest absolute Gasteiger partial charge is 0.348 e. The molecule has 1 aliphatic rings. The maximum absolute atomic E-state index is 12.3. The predicted octanol–water partition coefficient (Wildman–Crippen LogP) is 1.94. The Balaban J connectivity index is 1.93. The summed E-state index contributed by atoms with van der Waals surface area (Å²) in [5.74, 6) is -0.354. The van der Waals surface area contributed by atoms with Gasteiger partial charge in [-0.05, 0) is 32.2 Å². The quantitative estimate of drug-likeness (QED) is 0.635. The number of nitrogens with zero attached hydrogens (tertiary/aromatic N) is 3. The number of esters is 1. The van der Waals surface area contributed by atoms with E-state index < -0.39 is 11.6 Å². The second kappa shape index (κ2) is 8.26. The number of anilines is 1. The molecule has 0 aliphatic carbocycles. The number of aliphatic imine (C=N–C) groups is 1. The summed E-state index contributed by atoms with van der Waals surface area (Å²) in [4.78, 5) is 32.8. The summed E-state index contributed by atoms with van der Waals surface area (Å²) in [5, 5.41) is 9.93. The van der Waals surface area contributed by atoms with Gasteiger partial charge in [-0.15, -0.1) is 0 Å². The Morgan fingerprint density at radius 1 is 1.25 bits per heavy atom. The lowest BCUT2D eigenvalue weighted by Gasteiger charge is -2.34. The summed E-state index contributed by atoms with van der Waals surface area (Å²) < 4.78 is 9.90. The van der Waals surface area contributed by atoms with Gasteiger partial charge in [0, 0.05) is 38.5 Å². The van der Waals surface area contributed by atoms with Gasteiger partial charge in [-0.3, -0.25) is 4.99 Å². The molecule has 8 heteroatoms. The highest BCUT2D eigenvalue weighted by atomic mass is 16.5. The Labute approximate surface area is 162 Å². The zero-order chi connectivity index (χ0) is 20.3. The van der Waals surface area contributed by atoms with E-state index in [-0.39, 0.29) is 11.3 Å². The summed E-state index contributed by atoms with van der Waals surface area (Å²) in [7, 11) is 3.40. The van der Waals surface area contributed by atoms with Crippen molar-refractivity contribution in [1.29, 1.82) is 0 Å². The lowest BCUT2D eigenvalue weighted by atomic mass is 10.1. The molecule has 1 aromatic carbocycles. The third kappa shape index (κ3) is 4.23. The first kappa shape index (κ1) is 19.6. The van der Waals surface area contributed by atoms with Crippen molar-refractivity contribution in [2.24, 2.45) is 4.99 Å². The standard InChI is InChI=1S/C20H23N3O5/c1-13-10-18(24)16(20(26)28-13)12-21-14-4-5-17(15(11-14)19(25)27-3)23-8-6-22(2)7-9-23/h4-5,10-12,24H,6-9H2,1-3H3. The predicted molar refractivity (Wildman–Crippen MR) is 106 cm³/mol. The number of piperazine rings is 1. The normalized spacial score (nSPS) is 15.2. The van der Waals surface area contributed by atoms with E-state index >= 15 is 0 Å². The van der Waals surface area contributed by atoms with Gasteiger partial charge in [0.1, 0.15) is 17.1 Å². The highest BCUT2D eigenvalue weighted by Gasteiger charge is 2.21. The van der Waals surface area contributed by atoms with E-state index in [9.17, 15) is 14.7 Å². The van der Waals surface area contributed by atoms with Gasteiger partial charge in [0.15, 0.2) is 0 Å². The molecule has 0 spiro atoms. The SMILES string of the molecule is COC(=O)c1cc(N=Cc2c(O)cc(C)oc2=O)ccc1N1CCN(C)CC1. The van der Waals surface area contributed by atoms with E-state index in [1.807, 2.05) is 6.07 Å². The largest absolute Gasteiger partial charge is 0.507 e. The fourth-order valence-electron chi connectivity index (χ4n) is 3.06. The van der Waals surface area contributed by atoms with E-state index in [2.05, 4.69) is 21.8 Å². The number of ether oxygens (including phenoxy) is 1. The van der Waals surface area contributed by atoms with Gasteiger partial charge < -0.3 is 24.1 Å². The van der Waals surface area contributed by atoms with E-state index in [1.54, 1.807) is 19.1 Å². The molecule has 148 valence electrons. The molecule has 2 heterocycles. The number of hydrogen-bond donors (Lipinski definition) is 1. The average Bonchev–Trinajstić information content (AvgIpc) is 2.67. The van der Waals surface area contributed by atoms with Crippen LogP contribution in [0.4, 0.5) is 11.4 Å². The number of benzene rings is 1. The van der Waals surface area contributed by atoms with Gasteiger partial charge in [0.2, 0.25) is 0 Å². The van der Waals surface area contributed by atoms with Crippen molar-refractivity contribution in [1.82, 2.24) is 4.90 Å². The molecule has 1 aliphatic heterocycles. The van der Waals surface area contributed by atoms with Crippen LogP contribution in [0, 0.1) is 6.92 Å². The summed E-state index contributed by atoms with van der Waals surface area (Å²) in [5.41, 5.74) is 0.924. The molecule has 1 N–H and O–H groups in total. The van der Waals surface area contributed by atoms with Crippen LogP contribution < -0.4 is 10.5 Å². The maximum atomic E-state index is 12.3. The summed E-state index contributed by atoms with van der Waals surface area (Å²) in [6, 6.07) is 6.53. The minimum Gasteiger partial charge on any atom is -0.507 e. The first-order valence-electron chi connectivity index (χ1n) is 8.92. The molecule has 1 saturated heterocycles. The van der Waals surface area contributed by atoms with E-state index in [0.29, 0.717) is 17.0 Å². The van der Waals surface area contributed by atoms with Crippen molar-refractivity contribution in [3.8, 4) is 5.75 Å². The second-order valence-corrected chi connectivity index (χ2v) is 6.68. The van der Waals surface area contributed by atoms with Crippen LogP contribution >= 0.6 is 0 Å². The zero-order valence-electron chi connectivity index (χ0n) is 16.1. The molecule has 0 amide bonds. The minimum atomic E-state index is -0.677. The van der Waals surface area contributed by atoms with Gasteiger partial charge in [-0.1, -0.05) is 0 Å². The van der Waals surface area contributed by atoms with Crippen LogP contribution in [0.25, 0.3) is 0 Å². The lowest BCUT2D eigenvalue weighted by Crippen LogP contribution is -2.45. The monoisotopic (exact) mass is 385 g/mol. The number of rotatable bonds is 4. The van der Waals surface area contributed by atoms with Crippen molar-refractivity contribution >= 4 is 23.6 Å². The maximum Gasteiger partial charge on any atom is 0.348 e. The molecule has 0 saturated carbocycles. The molecule has 0 unspecified atom stereocenters. The van der Waals surface area contributed by atoms with Crippen molar-refractivity contribution in [3.05, 3.63) is 51.6 Å². The highest BCUT2D eigenvalue weighted by Crippen LogP contribution is 2.27. The van der Waals surface area contributed by atoms with Gasteiger partial charge in [-0.25, -0.2) is 9.59 Å². The van der Waals surface area contributed by atoms with Crippen LogP contribution in [0.1, 0.15) is 21.7 Å². The minimum absolute atomic E-state index is 0.0478. The molecular weight excluding hydrogens is 362 g/mol. The van der Waals surface area contributed by atoms with Crippen LogP contribution in [0.2, 0.25) is 0 Å². The molecule has 2 aromatic rings. The second-order valence-electron chi connectivity index (χ2n) is 6.68. The lowest BCUT2D eigenvalue weighted by molar-refractivity contribution is 0.0601. The Morgan fingerprint density at radius 3 is 2.61 bits per heavy atom. The number of carbonyl (C=O) groups is 1. The summed E-state index contributed by atoms with van der Waals surface area (Å²) in [6.45, 7) is 5.00. The zero-order valence-corrected chi connectivity index (χ0v) is 16.1. The summed E-state index contributed by atoms with van der Waals surface area (Å²) >= 11 is 0. The first-order chi connectivity index (χ1) is 13.4. The molecule has 0 radical (unpaired) electrons. The molecule has 0 bridgehead atoms. The molecule has 28 heavy (non-hydrogen) atoms. The Kier molecular flexibility index (Phi) is 5.79. The Bertz CT molecular complexity index is 959. The van der Waals surface area contributed by atoms with Crippen LogP contribution in [-0.2, 0) is 4.74 Å². The molecule has 1 fully saturated rings. The number of methoxy groups -OCH3 is 1. The Hall–Kier alpha value is -3.13. The molecule has 3 rings (SSSR count). The molecule has 1 aromatic heterocycles. The van der Waals surface area contributed by atoms with Crippen LogP contribution in [0.15, 0.2) is 38.5 Å². The van der Waals surface area contributed by atoms with Crippen LogP contribution in [0.3, 0.4) is 0 Å². The van der Waals surface area contributed by atoms with Gasteiger partial charge in [0.05, 0.1) is 24.0 Å². The third-order valence-electron chi connectivity index (χ3n) is 4.66. The van der Waals surface area contributed by atoms with Crippen LogP contribution in [-0.4, -0.2) is 62.5 Å². The van der Waals surface area contributed by atoms with Gasteiger partial charge in [-0.2, -0.15) is 0 Å². The van der Waals surface area contributed by atoms with Crippen molar-refractivity contribution in [2.45, 2.75) is 6.92 Å². The third-order valence-corrected chi connectivity index (χ3v) is 4.66.